The first-order valence-electron chi connectivity index (χ1n) is 3.98. The molecule has 0 unspecified atom stereocenters. The molecule has 3 N–H and O–H groups in total. The van der Waals surface area contributed by atoms with E-state index in [0.717, 1.165) is 6.54 Å². The van der Waals surface area contributed by atoms with Crippen LogP contribution in [-0.4, -0.2) is 26.5 Å². The second-order valence-electron chi connectivity index (χ2n) is 2.56. The van der Waals surface area contributed by atoms with E-state index in [2.05, 4.69) is 25.3 Å². The predicted molar refractivity (Wildman–Crippen MR) is 48.7 cm³/mol. The van der Waals surface area contributed by atoms with Crippen molar-refractivity contribution in [1.29, 1.82) is 0 Å². The Morgan fingerprint density at radius 1 is 1.46 bits per heavy atom. The standard InChI is InChI=1S/C7H9N5O/c1-2-8-5-4-6(10-3-9-5)12-7(13)11-4/h3H,2H2,1H3,(H3,8,9,10,11,12,13). The van der Waals surface area contributed by atoms with Crippen molar-refractivity contribution in [3.63, 3.8) is 0 Å². The molecule has 68 valence electrons. The Bertz CT molecular complexity index is 471. The fraction of sp³-hybridized carbons (Fsp3) is 0.286. The van der Waals surface area contributed by atoms with Gasteiger partial charge in [0.2, 0.25) is 0 Å². The van der Waals surface area contributed by atoms with Crippen LogP contribution in [0.3, 0.4) is 0 Å². The molecule has 2 rings (SSSR count). The van der Waals surface area contributed by atoms with Gasteiger partial charge in [-0.15, -0.1) is 0 Å². The quantitative estimate of drug-likeness (QED) is 0.609. The Morgan fingerprint density at radius 2 is 2.31 bits per heavy atom. The maximum absolute atomic E-state index is 10.9. The minimum Gasteiger partial charge on any atom is -0.368 e. The van der Waals surface area contributed by atoms with Crippen molar-refractivity contribution in [2.24, 2.45) is 0 Å². The summed E-state index contributed by atoms with van der Waals surface area (Å²) in [6, 6.07) is 0. The van der Waals surface area contributed by atoms with Crippen LogP contribution in [0.2, 0.25) is 0 Å². The lowest BCUT2D eigenvalue weighted by Gasteiger charge is -2.00. The van der Waals surface area contributed by atoms with E-state index in [1.165, 1.54) is 6.33 Å². The number of hydrogen-bond donors (Lipinski definition) is 3. The van der Waals surface area contributed by atoms with Crippen molar-refractivity contribution in [1.82, 2.24) is 19.9 Å². The third-order valence-electron chi connectivity index (χ3n) is 1.66. The first-order valence-corrected chi connectivity index (χ1v) is 3.98. The molecule has 0 spiro atoms. The smallest absolute Gasteiger partial charge is 0.325 e. The van der Waals surface area contributed by atoms with Gasteiger partial charge in [0.25, 0.3) is 0 Å². The van der Waals surface area contributed by atoms with Gasteiger partial charge in [0, 0.05) is 6.54 Å². The first kappa shape index (κ1) is 7.78. The van der Waals surface area contributed by atoms with Crippen molar-refractivity contribution < 1.29 is 0 Å². The summed E-state index contributed by atoms with van der Waals surface area (Å²) in [5.41, 5.74) is 0.875. The summed E-state index contributed by atoms with van der Waals surface area (Å²) in [4.78, 5) is 24.0. The van der Waals surface area contributed by atoms with E-state index in [1.54, 1.807) is 0 Å². The monoisotopic (exact) mass is 179 g/mol. The van der Waals surface area contributed by atoms with Gasteiger partial charge in [0.15, 0.2) is 11.5 Å². The van der Waals surface area contributed by atoms with E-state index >= 15 is 0 Å². The Morgan fingerprint density at radius 3 is 3.08 bits per heavy atom. The zero-order valence-corrected chi connectivity index (χ0v) is 7.09. The Hall–Kier alpha value is -1.85. The summed E-state index contributed by atoms with van der Waals surface area (Å²) in [7, 11) is 0. The van der Waals surface area contributed by atoms with Crippen LogP contribution in [0.1, 0.15) is 6.92 Å². The molecule has 0 amide bonds. The number of anilines is 1. The van der Waals surface area contributed by atoms with Crippen molar-refractivity contribution in [3.8, 4) is 0 Å². The molecule has 0 aliphatic carbocycles. The Labute approximate surface area is 73.4 Å². The molecule has 6 heteroatoms. The van der Waals surface area contributed by atoms with Crippen molar-refractivity contribution in [2.45, 2.75) is 6.92 Å². The average molecular weight is 179 g/mol. The van der Waals surface area contributed by atoms with Crippen molar-refractivity contribution >= 4 is 17.0 Å². The van der Waals surface area contributed by atoms with Crippen LogP contribution in [0.5, 0.6) is 0 Å². The van der Waals surface area contributed by atoms with Crippen LogP contribution >= 0.6 is 0 Å². The maximum Gasteiger partial charge on any atom is 0.325 e. The minimum absolute atomic E-state index is 0.269. The minimum atomic E-state index is -0.269. The normalized spacial score (nSPS) is 10.5. The van der Waals surface area contributed by atoms with Gasteiger partial charge < -0.3 is 10.3 Å². The van der Waals surface area contributed by atoms with Crippen LogP contribution in [0.15, 0.2) is 11.1 Å². The number of aromatic amines is 2. The van der Waals surface area contributed by atoms with E-state index in [-0.39, 0.29) is 5.69 Å². The highest BCUT2D eigenvalue weighted by Crippen LogP contribution is 2.11. The lowest BCUT2D eigenvalue weighted by molar-refractivity contribution is 1.13. The molecule has 13 heavy (non-hydrogen) atoms. The summed E-state index contributed by atoms with van der Waals surface area (Å²) in [6.07, 6.45) is 1.41. The maximum atomic E-state index is 10.9. The molecule has 0 fully saturated rings. The third kappa shape index (κ3) is 1.26. The SMILES string of the molecule is CCNc1ncnc2[nH]c(=O)[nH]c12. The van der Waals surface area contributed by atoms with Crippen LogP contribution in [0.25, 0.3) is 11.2 Å². The summed E-state index contributed by atoms with van der Waals surface area (Å²) >= 11 is 0. The van der Waals surface area contributed by atoms with E-state index in [4.69, 9.17) is 0 Å². The molecule has 0 saturated carbocycles. The third-order valence-corrected chi connectivity index (χ3v) is 1.66. The zero-order valence-electron chi connectivity index (χ0n) is 7.09. The summed E-state index contributed by atoms with van der Waals surface area (Å²) < 4.78 is 0. The predicted octanol–water partition coefficient (Wildman–Crippen LogP) is 0.0780. The van der Waals surface area contributed by atoms with Crippen LogP contribution < -0.4 is 11.0 Å². The largest absolute Gasteiger partial charge is 0.368 e. The lowest BCUT2D eigenvalue weighted by Crippen LogP contribution is -2.01. The first-order chi connectivity index (χ1) is 6.31. The molecular weight excluding hydrogens is 170 g/mol. The van der Waals surface area contributed by atoms with Gasteiger partial charge in [-0.2, -0.15) is 0 Å². The zero-order chi connectivity index (χ0) is 9.26. The topological polar surface area (TPSA) is 86.5 Å². The highest BCUT2D eigenvalue weighted by Gasteiger charge is 2.04. The van der Waals surface area contributed by atoms with E-state index in [9.17, 15) is 4.79 Å². The van der Waals surface area contributed by atoms with E-state index in [1.807, 2.05) is 6.92 Å². The molecule has 0 aliphatic rings. The number of hydrogen-bond acceptors (Lipinski definition) is 4. The molecule has 0 radical (unpaired) electrons. The van der Waals surface area contributed by atoms with Gasteiger partial charge in [0.05, 0.1) is 0 Å². The molecule has 2 heterocycles. The van der Waals surface area contributed by atoms with Gasteiger partial charge in [-0.1, -0.05) is 0 Å². The van der Waals surface area contributed by atoms with Crippen LogP contribution in [-0.2, 0) is 0 Å². The number of H-pyrrole nitrogens is 2. The number of imidazole rings is 1. The Balaban J connectivity index is 2.67. The summed E-state index contributed by atoms with van der Waals surface area (Å²) in [5.74, 6) is 0.644. The molecule has 6 nitrogen and oxygen atoms in total. The Kier molecular flexibility index (Phi) is 1.73. The fourth-order valence-corrected chi connectivity index (χ4v) is 1.15. The highest BCUT2D eigenvalue weighted by atomic mass is 16.1. The number of nitrogens with one attached hydrogen (secondary N) is 3. The van der Waals surface area contributed by atoms with Gasteiger partial charge in [-0.05, 0) is 6.92 Å². The second-order valence-corrected chi connectivity index (χ2v) is 2.56. The molecule has 0 atom stereocenters. The fourth-order valence-electron chi connectivity index (χ4n) is 1.15. The van der Waals surface area contributed by atoms with Gasteiger partial charge in [0.1, 0.15) is 11.8 Å². The molecule has 2 aromatic heterocycles. The highest BCUT2D eigenvalue weighted by molar-refractivity contribution is 5.81. The molecular formula is C7H9N5O. The van der Waals surface area contributed by atoms with Gasteiger partial charge in [-0.3, -0.25) is 4.98 Å². The number of rotatable bonds is 2. The molecule has 2 aromatic rings. The molecule has 0 bridgehead atoms. The van der Waals surface area contributed by atoms with Gasteiger partial charge in [-0.25, -0.2) is 14.8 Å². The second kappa shape index (κ2) is 2.89. The van der Waals surface area contributed by atoms with Crippen LogP contribution in [0.4, 0.5) is 5.82 Å². The summed E-state index contributed by atoms with van der Waals surface area (Å²) in [5, 5.41) is 3.02. The number of aromatic nitrogens is 4. The van der Waals surface area contributed by atoms with Gasteiger partial charge >= 0.3 is 5.69 Å². The van der Waals surface area contributed by atoms with E-state index in [0.29, 0.717) is 17.0 Å². The summed E-state index contributed by atoms with van der Waals surface area (Å²) in [6.45, 7) is 2.71. The van der Waals surface area contributed by atoms with Crippen LogP contribution in [0, 0.1) is 0 Å². The number of fused-ring (bicyclic) bond motifs is 1. The van der Waals surface area contributed by atoms with Crippen molar-refractivity contribution in [2.75, 3.05) is 11.9 Å². The number of nitrogens with zero attached hydrogens (tertiary/aromatic N) is 2. The molecule has 0 saturated heterocycles. The van der Waals surface area contributed by atoms with E-state index < -0.39 is 0 Å². The van der Waals surface area contributed by atoms with Crippen molar-refractivity contribution in [3.05, 3.63) is 16.8 Å². The molecule has 0 aliphatic heterocycles. The molecule has 0 aromatic carbocycles. The average Bonchev–Trinajstić information content (AvgIpc) is 2.47. The lowest BCUT2D eigenvalue weighted by atomic mass is 10.5.